The zero-order valence-electron chi connectivity index (χ0n) is 8.18. The molecule has 6 nitrogen and oxygen atoms in total. The van der Waals surface area contributed by atoms with Crippen LogP contribution in [0.1, 0.15) is 0 Å². The molecule has 0 aliphatic rings. The van der Waals surface area contributed by atoms with E-state index in [1.807, 2.05) is 0 Å². The van der Waals surface area contributed by atoms with Crippen molar-refractivity contribution in [2.24, 2.45) is 5.14 Å². The van der Waals surface area contributed by atoms with Gasteiger partial charge in [-0.25, -0.2) is 18.7 Å². The van der Waals surface area contributed by atoms with Crippen LogP contribution in [0, 0.1) is 0 Å². The Bertz CT molecular complexity index is 670. The molecule has 1 aromatic carbocycles. The Morgan fingerprint density at radius 3 is 2.65 bits per heavy atom. The number of halogens is 2. The Hall–Kier alpha value is -0.960. The van der Waals surface area contributed by atoms with Gasteiger partial charge >= 0.3 is 0 Å². The van der Waals surface area contributed by atoms with Crippen LogP contribution < -0.4 is 5.14 Å². The maximum Gasteiger partial charge on any atom is 0.273 e. The fourth-order valence-electron chi connectivity index (χ4n) is 1.17. The van der Waals surface area contributed by atoms with Crippen molar-refractivity contribution in [3.05, 3.63) is 27.7 Å². The van der Waals surface area contributed by atoms with Crippen LogP contribution in [-0.4, -0.2) is 23.6 Å². The molecular weight excluding hydrogens is 332 g/mol. The summed E-state index contributed by atoms with van der Waals surface area (Å²) in [5, 5.41) is 11.1. The molecule has 90 valence electrons. The van der Waals surface area contributed by atoms with Crippen LogP contribution >= 0.6 is 27.5 Å². The van der Waals surface area contributed by atoms with E-state index in [-0.39, 0.29) is 11.0 Å². The van der Waals surface area contributed by atoms with Gasteiger partial charge in [-0.1, -0.05) is 11.6 Å². The van der Waals surface area contributed by atoms with E-state index < -0.39 is 10.0 Å². The van der Waals surface area contributed by atoms with Gasteiger partial charge in [0.25, 0.3) is 15.2 Å². The largest absolute Gasteiger partial charge is 0.273 e. The van der Waals surface area contributed by atoms with E-state index >= 15 is 0 Å². The Labute approximate surface area is 110 Å². The quantitative estimate of drug-likeness (QED) is 0.867. The van der Waals surface area contributed by atoms with E-state index in [0.717, 1.165) is 0 Å². The van der Waals surface area contributed by atoms with Gasteiger partial charge in [-0.2, -0.15) is 10.1 Å². The van der Waals surface area contributed by atoms with Crippen molar-refractivity contribution in [2.75, 3.05) is 0 Å². The van der Waals surface area contributed by atoms with Crippen LogP contribution in [0.5, 0.6) is 0 Å². The van der Waals surface area contributed by atoms with Crippen LogP contribution in [0.4, 0.5) is 0 Å². The predicted octanol–water partition coefficient (Wildman–Crippen LogP) is 1.53. The van der Waals surface area contributed by atoms with Crippen LogP contribution in [0.3, 0.4) is 0 Å². The number of H-pyrrole nitrogens is 1. The third-order valence-corrected chi connectivity index (χ3v) is 3.52. The third-order valence-electron chi connectivity index (χ3n) is 1.91. The Balaban J connectivity index is 2.51. The van der Waals surface area contributed by atoms with E-state index in [1.54, 1.807) is 18.2 Å². The van der Waals surface area contributed by atoms with Crippen LogP contribution in [0.2, 0.25) is 5.02 Å². The summed E-state index contributed by atoms with van der Waals surface area (Å²) in [6.07, 6.45) is 0. The van der Waals surface area contributed by atoms with E-state index in [1.165, 1.54) is 0 Å². The fourth-order valence-corrected chi connectivity index (χ4v) is 2.41. The second-order valence-corrected chi connectivity index (χ2v) is 5.90. The summed E-state index contributed by atoms with van der Waals surface area (Å²) in [5.41, 5.74) is 0.612. The third kappa shape index (κ3) is 2.65. The lowest BCUT2D eigenvalue weighted by Crippen LogP contribution is -2.13. The molecule has 0 amide bonds. The molecule has 0 unspecified atom stereocenters. The van der Waals surface area contributed by atoms with E-state index in [9.17, 15) is 8.42 Å². The summed E-state index contributed by atoms with van der Waals surface area (Å²) in [7, 11) is -3.88. The monoisotopic (exact) mass is 336 g/mol. The summed E-state index contributed by atoms with van der Waals surface area (Å²) in [6, 6.07) is 4.97. The Morgan fingerprint density at radius 2 is 2.12 bits per heavy atom. The first kappa shape index (κ1) is 12.5. The average Bonchev–Trinajstić information content (AvgIpc) is 2.65. The van der Waals surface area contributed by atoms with Gasteiger partial charge in [-0.05, 0) is 34.1 Å². The lowest BCUT2D eigenvalue weighted by Gasteiger charge is -1.99. The van der Waals surface area contributed by atoms with Crippen LogP contribution in [-0.2, 0) is 10.0 Å². The van der Waals surface area contributed by atoms with Crippen molar-refractivity contribution in [3.63, 3.8) is 0 Å². The summed E-state index contributed by atoms with van der Waals surface area (Å²) < 4.78 is 22.7. The fraction of sp³-hybridized carbons (Fsp3) is 0. The van der Waals surface area contributed by atoms with Crippen molar-refractivity contribution in [2.45, 2.75) is 5.16 Å². The molecule has 0 bridgehead atoms. The molecule has 0 spiro atoms. The minimum Gasteiger partial charge on any atom is -0.248 e. The molecule has 0 atom stereocenters. The molecule has 0 saturated heterocycles. The molecular formula is C8H6BrClN4O2S. The number of hydrogen-bond acceptors (Lipinski definition) is 4. The highest BCUT2D eigenvalue weighted by Crippen LogP contribution is 2.28. The van der Waals surface area contributed by atoms with Crippen molar-refractivity contribution in [1.29, 1.82) is 0 Å². The van der Waals surface area contributed by atoms with Gasteiger partial charge in [0.05, 0.1) is 0 Å². The highest BCUT2D eigenvalue weighted by atomic mass is 79.9. The van der Waals surface area contributed by atoms with E-state index in [0.29, 0.717) is 15.1 Å². The molecule has 0 fully saturated rings. The lowest BCUT2D eigenvalue weighted by molar-refractivity contribution is 0.589. The van der Waals surface area contributed by atoms with Gasteiger partial charge in [-0.15, -0.1) is 0 Å². The molecule has 3 N–H and O–H groups in total. The summed E-state index contributed by atoms with van der Waals surface area (Å²) in [4.78, 5) is 3.79. The molecule has 2 rings (SSSR count). The predicted molar refractivity (Wildman–Crippen MR) is 65.9 cm³/mol. The van der Waals surface area contributed by atoms with Crippen molar-refractivity contribution in [1.82, 2.24) is 15.2 Å². The summed E-state index contributed by atoms with van der Waals surface area (Å²) in [5.74, 6) is 0.220. The molecule has 0 saturated carbocycles. The molecule has 0 aliphatic carbocycles. The first-order valence-electron chi connectivity index (χ1n) is 4.28. The Morgan fingerprint density at radius 1 is 1.41 bits per heavy atom. The second-order valence-electron chi connectivity index (χ2n) is 3.13. The highest BCUT2D eigenvalue weighted by molar-refractivity contribution is 9.10. The van der Waals surface area contributed by atoms with Crippen molar-refractivity contribution < 1.29 is 8.42 Å². The van der Waals surface area contributed by atoms with Gasteiger partial charge in [0.1, 0.15) is 0 Å². The number of nitrogens with two attached hydrogens (primary N) is 1. The normalized spacial score (nSPS) is 11.7. The second kappa shape index (κ2) is 4.37. The lowest BCUT2D eigenvalue weighted by atomic mass is 10.2. The average molecular weight is 338 g/mol. The number of nitrogens with zero attached hydrogens (tertiary/aromatic N) is 2. The first-order chi connectivity index (χ1) is 7.88. The number of aromatic nitrogens is 3. The van der Waals surface area contributed by atoms with E-state index in [4.69, 9.17) is 16.7 Å². The van der Waals surface area contributed by atoms with Gasteiger partial charge in [-0.3, -0.25) is 0 Å². The number of rotatable bonds is 2. The minimum absolute atomic E-state index is 0.220. The SMILES string of the molecule is NS(=O)(=O)c1nc(-c2ccc(Cl)cc2Br)n[nH]1. The Kier molecular flexibility index (Phi) is 3.21. The number of primary sulfonamides is 1. The molecule has 17 heavy (non-hydrogen) atoms. The zero-order valence-corrected chi connectivity index (χ0v) is 11.3. The minimum atomic E-state index is -3.88. The topological polar surface area (TPSA) is 102 Å². The molecule has 0 aliphatic heterocycles. The maximum absolute atomic E-state index is 11.0. The molecule has 1 aromatic heterocycles. The summed E-state index contributed by atoms with van der Waals surface area (Å²) in [6.45, 7) is 0. The van der Waals surface area contributed by atoms with Crippen molar-refractivity contribution in [3.8, 4) is 11.4 Å². The maximum atomic E-state index is 11.0. The number of aromatic amines is 1. The van der Waals surface area contributed by atoms with Gasteiger partial charge in [0, 0.05) is 15.1 Å². The first-order valence-corrected chi connectivity index (χ1v) is 7.00. The van der Waals surface area contributed by atoms with Gasteiger partial charge in [0.15, 0.2) is 5.82 Å². The van der Waals surface area contributed by atoms with Crippen LogP contribution in [0.25, 0.3) is 11.4 Å². The number of benzene rings is 1. The zero-order chi connectivity index (χ0) is 12.6. The van der Waals surface area contributed by atoms with Crippen molar-refractivity contribution >= 4 is 37.6 Å². The molecule has 2 aromatic rings. The molecule has 0 radical (unpaired) electrons. The van der Waals surface area contributed by atoms with Gasteiger partial charge < -0.3 is 0 Å². The standard InChI is InChI=1S/C8H6BrClN4O2S/c9-6-3-4(10)1-2-5(6)7-12-8(14-13-7)17(11,15)16/h1-3H,(H2,11,15,16)(H,12,13,14). The summed E-state index contributed by atoms with van der Waals surface area (Å²) >= 11 is 9.07. The number of sulfonamides is 1. The number of hydrogen-bond donors (Lipinski definition) is 2. The number of nitrogens with one attached hydrogen (secondary N) is 1. The molecule has 1 heterocycles. The highest BCUT2D eigenvalue weighted by Gasteiger charge is 2.16. The van der Waals surface area contributed by atoms with Gasteiger partial charge in [0.2, 0.25) is 0 Å². The van der Waals surface area contributed by atoms with E-state index in [2.05, 4.69) is 31.1 Å². The molecule has 9 heteroatoms. The smallest absolute Gasteiger partial charge is 0.248 e. The van der Waals surface area contributed by atoms with Crippen LogP contribution in [0.15, 0.2) is 27.8 Å².